The predicted octanol–water partition coefficient (Wildman–Crippen LogP) is 5.39. The van der Waals surface area contributed by atoms with Crippen molar-refractivity contribution in [3.63, 3.8) is 0 Å². The van der Waals surface area contributed by atoms with E-state index in [0.717, 1.165) is 77.4 Å². The van der Waals surface area contributed by atoms with Gasteiger partial charge in [-0.1, -0.05) is 55.7 Å². The molecule has 16 heteroatoms. The minimum atomic E-state index is -0.702. The van der Waals surface area contributed by atoms with E-state index in [0.29, 0.717) is 92.7 Å². The first kappa shape index (κ1) is 47.5. The van der Waals surface area contributed by atoms with Crippen LogP contribution in [0.2, 0.25) is 0 Å². The molecule has 1 unspecified atom stereocenters. The van der Waals surface area contributed by atoms with Crippen molar-refractivity contribution in [3.8, 4) is 0 Å². The van der Waals surface area contributed by atoms with Crippen LogP contribution in [-0.2, 0) is 20.7 Å². The number of nitrogens with one attached hydrogen (secondary N) is 3. The van der Waals surface area contributed by atoms with Crippen molar-refractivity contribution in [1.82, 2.24) is 40.4 Å². The maximum Gasteiger partial charge on any atom is 0.272 e. The standard InChI is InChI=1S/C52H64F2N8O6/c53-44-16-15-34(31-45-40-11-4-5-12-41(40)50(65)58-57-45)30-43(44)51(66)62-28-26-60(27-29-62)46(63)33-59-22-17-37(18-23-59)68-38-19-24-61(25-20-38)52(67)48(35-8-2-1-3-9-35)56-49(64)42-14-6-13-39(47(42)54)36-10-7-21-55-32-36/h4-6,11-16,30,35-38,48,55H,1-3,7-10,17-29,31-33H2,(H,56,64)(H,58,65)/t36?,48-/m1/s1. The molecule has 14 nitrogen and oxygen atoms in total. The summed E-state index contributed by atoms with van der Waals surface area (Å²) in [5, 5.41) is 14.3. The van der Waals surface area contributed by atoms with Crippen LogP contribution in [0.25, 0.3) is 10.8 Å². The second-order valence-corrected chi connectivity index (χ2v) is 19.4. The molecule has 0 spiro atoms. The number of hydrogen-bond donors (Lipinski definition) is 3. The fraction of sp³-hybridized carbons (Fsp3) is 0.538. The summed E-state index contributed by atoms with van der Waals surface area (Å²) in [7, 11) is 0. The number of amides is 4. The largest absolute Gasteiger partial charge is 0.375 e. The smallest absolute Gasteiger partial charge is 0.272 e. The zero-order chi connectivity index (χ0) is 47.1. The van der Waals surface area contributed by atoms with Gasteiger partial charge in [-0.2, -0.15) is 5.10 Å². The molecule has 0 radical (unpaired) electrons. The number of fused-ring (bicyclic) bond motifs is 1. The molecule has 9 rings (SSSR count). The number of H-pyrrole nitrogens is 1. The van der Waals surface area contributed by atoms with Gasteiger partial charge in [-0.3, -0.25) is 28.9 Å². The van der Waals surface area contributed by atoms with Gasteiger partial charge in [-0.05, 0) is 105 Å². The number of benzene rings is 3. The first-order chi connectivity index (χ1) is 33.1. The Labute approximate surface area is 396 Å². The minimum Gasteiger partial charge on any atom is -0.375 e. The van der Waals surface area contributed by atoms with Crippen LogP contribution in [0, 0.1) is 17.6 Å². The lowest BCUT2D eigenvalue weighted by Gasteiger charge is -2.40. The number of aromatic amines is 1. The molecule has 4 aliphatic heterocycles. The van der Waals surface area contributed by atoms with Crippen LogP contribution >= 0.6 is 0 Å². The van der Waals surface area contributed by atoms with E-state index in [1.54, 1.807) is 46.2 Å². The van der Waals surface area contributed by atoms with E-state index < -0.39 is 29.5 Å². The number of halogens is 2. The summed E-state index contributed by atoms with van der Waals surface area (Å²) < 4.78 is 37.5. The quantitative estimate of drug-likeness (QED) is 0.169. The van der Waals surface area contributed by atoms with Crippen molar-refractivity contribution >= 4 is 34.4 Å². The van der Waals surface area contributed by atoms with Gasteiger partial charge in [0.2, 0.25) is 11.8 Å². The van der Waals surface area contributed by atoms with Crippen LogP contribution in [0.4, 0.5) is 8.78 Å². The summed E-state index contributed by atoms with van der Waals surface area (Å²) in [6.07, 6.45) is 9.99. The lowest BCUT2D eigenvalue weighted by molar-refractivity contribution is -0.140. The Balaban J connectivity index is 0.710. The number of hydrogen-bond acceptors (Lipinski definition) is 9. The number of aromatic nitrogens is 2. The van der Waals surface area contributed by atoms with E-state index in [2.05, 4.69) is 25.7 Å². The number of nitrogens with zero attached hydrogens (tertiary/aromatic N) is 5. The third-order valence-corrected chi connectivity index (χ3v) is 15.0. The van der Waals surface area contributed by atoms with Crippen molar-refractivity contribution in [2.45, 2.75) is 101 Å². The first-order valence-corrected chi connectivity index (χ1v) is 24.9. The average Bonchev–Trinajstić information content (AvgIpc) is 3.38. The van der Waals surface area contributed by atoms with E-state index in [-0.39, 0.29) is 59.1 Å². The van der Waals surface area contributed by atoms with Crippen LogP contribution in [0.3, 0.4) is 0 Å². The van der Waals surface area contributed by atoms with Gasteiger partial charge in [0.1, 0.15) is 17.7 Å². The predicted molar refractivity (Wildman–Crippen MR) is 253 cm³/mol. The maximum atomic E-state index is 15.9. The summed E-state index contributed by atoms with van der Waals surface area (Å²) in [5.74, 6) is -2.11. The zero-order valence-electron chi connectivity index (χ0n) is 38.9. The number of likely N-dealkylation sites (tertiary alicyclic amines) is 2. The first-order valence-electron chi connectivity index (χ1n) is 24.9. The molecule has 1 aliphatic carbocycles. The lowest BCUT2D eigenvalue weighted by Crippen LogP contribution is -2.55. The van der Waals surface area contributed by atoms with E-state index in [1.165, 1.54) is 12.1 Å². The van der Waals surface area contributed by atoms with Crippen LogP contribution in [0.15, 0.2) is 65.5 Å². The van der Waals surface area contributed by atoms with Crippen molar-refractivity contribution in [1.29, 1.82) is 0 Å². The zero-order valence-corrected chi connectivity index (χ0v) is 38.9. The molecule has 4 amide bonds. The van der Waals surface area contributed by atoms with Gasteiger partial charge in [0.05, 0.1) is 41.0 Å². The van der Waals surface area contributed by atoms with Gasteiger partial charge < -0.3 is 30.1 Å². The van der Waals surface area contributed by atoms with Gasteiger partial charge in [0.25, 0.3) is 17.4 Å². The monoisotopic (exact) mass is 934 g/mol. The number of ether oxygens (including phenoxy) is 1. The topological polar surface area (TPSA) is 160 Å². The molecule has 3 N–H and O–H groups in total. The highest BCUT2D eigenvalue weighted by Crippen LogP contribution is 2.31. The number of rotatable bonds is 12. The summed E-state index contributed by atoms with van der Waals surface area (Å²) in [6.45, 7) is 5.68. The van der Waals surface area contributed by atoms with E-state index in [4.69, 9.17) is 4.74 Å². The Hall–Kier alpha value is -5.58. The van der Waals surface area contributed by atoms with Crippen molar-refractivity contribution in [3.05, 3.63) is 111 Å². The molecule has 3 aromatic carbocycles. The molecule has 0 bridgehead atoms. The van der Waals surface area contributed by atoms with Crippen molar-refractivity contribution in [2.24, 2.45) is 5.92 Å². The fourth-order valence-electron chi connectivity index (χ4n) is 11.1. The third kappa shape index (κ3) is 11.0. The average molecular weight is 935 g/mol. The molecule has 4 aromatic rings. The highest BCUT2D eigenvalue weighted by molar-refractivity contribution is 5.98. The molecule has 5 aliphatic rings. The SMILES string of the molecule is O=C(N[C@@H](C(=O)N1CCC(OC2CCN(CC(=O)N3CCN(C(=O)c4cc(Cc5n[nH]c(=O)c6ccccc56)ccc4F)CC3)CC2)CC1)C1CCCCC1)c1cccc(C2CCCNC2)c1F. The number of carbonyl (C=O) groups is 4. The summed E-state index contributed by atoms with van der Waals surface area (Å²) >= 11 is 0. The number of carbonyl (C=O) groups excluding carboxylic acids is 4. The van der Waals surface area contributed by atoms with Gasteiger partial charge in [0, 0.05) is 70.7 Å². The summed E-state index contributed by atoms with van der Waals surface area (Å²) in [5.41, 5.74) is 1.54. The molecule has 1 aromatic heterocycles. The van der Waals surface area contributed by atoms with E-state index in [9.17, 15) is 24.0 Å². The Kier molecular flexibility index (Phi) is 15.2. The summed E-state index contributed by atoms with van der Waals surface area (Å²) in [6, 6.07) is 15.9. The second-order valence-electron chi connectivity index (χ2n) is 19.4. The number of piperidine rings is 3. The fourth-order valence-corrected chi connectivity index (χ4v) is 11.1. The minimum absolute atomic E-state index is 0.000634. The van der Waals surface area contributed by atoms with Gasteiger partial charge in [-0.15, -0.1) is 0 Å². The van der Waals surface area contributed by atoms with E-state index >= 15 is 8.78 Å². The van der Waals surface area contributed by atoms with Crippen LogP contribution < -0.4 is 16.2 Å². The highest BCUT2D eigenvalue weighted by Gasteiger charge is 2.37. The molecular formula is C52H64F2N8O6. The Morgan fingerprint density at radius 3 is 2.16 bits per heavy atom. The molecule has 1 saturated carbocycles. The molecule has 362 valence electrons. The Bertz CT molecular complexity index is 2500. The molecular weight excluding hydrogens is 871 g/mol. The van der Waals surface area contributed by atoms with Crippen LogP contribution in [-0.4, -0.2) is 144 Å². The Morgan fingerprint density at radius 1 is 0.735 bits per heavy atom. The Morgan fingerprint density at radius 2 is 1.44 bits per heavy atom. The molecule has 68 heavy (non-hydrogen) atoms. The lowest BCUT2D eigenvalue weighted by atomic mass is 9.83. The highest BCUT2D eigenvalue weighted by atomic mass is 19.1. The van der Waals surface area contributed by atoms with Gasteiger partial charge >= 0.3 is 0 Å². The van der Waals surface area contributed by atoms with Gasteiger partial charge in [0.15, 0.2) is 0 Å². The third-order valence-electron chi connectivity index (χ3n) is 15.0. The van der Waals surface area contributed by atoms with Crippen molar-refractivity contribution in [2.75, 3.05) is 72.0 Å². The van der Waals surface area contributed by atoms with Crippen LogP contribution in [0.1, 0.15) is 114 Å². The summed E-state index contributed by atoms with van der Waals surface area (Å²) in [4.78, 5) is 74.6. The molecule has 2 atom stereocenters. The normalized spacial score (nSPS) is 20.9. The molecule has 5 fully saturated rings. The molecule has 5 heterocycles. The van der Waals surface area contributed by atoms with Gasteiger partial charge in [-0.25, -0.2) is 13.9 Å². The number of piperazine rings is 1. The van der Waals surface area contributed by atoms with Crippen LogP contribution in [0.5, 0.6) is 0 Å². The van der Waals surface area contributed by atoms with Crippen molar-refractivity contribution < 1.29 is 32.7 Å². The maximum absolute atomic E-state index is 15.9. The second kappa shape index (κ2) is 21.8. The van der Waals surface area contributed by atoms with E-state index in [1.807, 2.05) is 17.0 Å². The molecule has 4 saturated heterocycles.